The predicted molar refractivity (Wildman–Crippen MR) is 74.7 cm³/mol. The van der Waals surface area contributed by atoms with Crippen LogP contribution in [0.5, 0.6) is 5.75 Å². The van der Waals surface area contributed by atoms with Gasteiger partial charge < -0.3 is 9.47 Å². The Morgan fingerprint density at radius 1 is 1.21 bits per heavy atom. The average molecular weight is 260 g/mol. The molecule has 1 aliphatic carbocycles. The van der Waals surface area contributed by atoms with Gasteiger partial charge >= 0.3 is 0 Å². The molecule has 0 atom stereocenters. The van der Waals surface area contributed by atoms with Crippen molar-refractivity contribution in [2.45, 2.75) is 25.7 Å². The number of rotatable bonds is 6. The molecule has 3 nitrogen and oxygen atoms in total. The van der Waals surface area contributed by atoms with Crippen LogP contribution in [0.2, 0.25) is 0 Å². The molecule has 0 amide bonds. The van der Waals surface area contributed by atoms with Gasteiger partial charge in [-0.15, -0.1) is 0 Å². The Kier molecular flexibility index (Phi) is 5.16. The fourth-order valence-corrected chi connectivity index (χ4v) is 2.23. The molecule has 3 heteroatoms. The van der Waals surface area contributed by atoms with Crippen molar-refractivity contribution in [2.24, 2.45) is 0 Å². The number of hydrogen-bond acceptors (Lipinski definition) is 3. The summed E-state index contributed by atoms with van der Waals surface area (Å²) in [5.74, 6) is 0.753. The second kappa shape index (κ2) is 7.10. The van der Waals surface area contributed by atoms with Gasteiger partial charge in [0.2, 0.25) is 0 Å². The number of methoxy groups -OCH3 is 1. The molecule has 0 N–H and O–H groups in total. The highest BCUT2D eigenvalue weighted by atomic mass is 16.5. The quantitative estimate of drug-likeness (QED) is 0.581. The van der Waals surface area contributed by atoms with Crippen LogP contribution in [0.3, 0.4) is 0 Å². The van der Waals surface area contributed by atoms with Gasteiger partial charge in [0.15, 0.2) is 5.78 Å². The summed E-state index contributed by atoms with van der Waals surface area (Å²) in [5.41, 5.74) is 1.58. The van der Waals surface area contributed by atoms with E-state index in [-0.39, 0.29) is 5.78 Å². The molecule has 0 saturated carbocycles. The maximum absolute atomic E-state index is 12.5. The molecule has 0 fully saturated rings. The van der Waals surface area contributed by atoms with Gasteiger partial charge in [-0.05, 0) is 43.4 Å². The molecule has 0 radical (unpaired) electrons. The number of carbonyl (C=O) groups is 1. The van der Waals surface area contributed by atoms with E-state index in [9.17, 15) is 4.79 Å². The molecule has 1 aliphatic rings. The summed E-state index contributed by atoms with van der Waals surface area (Å²) >= 11 is 0. The summed E-state index contributed by atoms with van der Waals surface area (Å²) in [7, 11) is 1.63. The molecule has 2 rings (SSSR count). The van der Waals surface area contributed by atoms with Gasteiger partial charge in [0, 0.05) is 7.11 Å². The molecule has 0 spiro atoms. The second-order valence-electron chi connectivity index (χ2n) is 4.64. The number of allylic oxidation sites excluding steroid dienone is 2. The third kappa shape index (κ3) is 3.67. The zero-order valence-corrected chi connectivity index (χ0v) is 11.4. The molecule has 0 unspecified atom stereocenters. The SMILES string of the molecule is COCCOc1ccccc1C(=O)C1=CCCCC1. The Hall–Kier alpha value is -1.61. The lowest BCUT2D eigenvalue weighted by Gasteiger charge is -2.14. The van der Waals surface area contributed by atoms with Crippen LogP contribution in [0, 0.1) is 0 Å². The van der Waals surface area contributed by atoms with E-state index in [4.69, 9.17) is 9.47 Å². The highest BCUT2D eigenvalue weighted by Gasteiger charge is 2.17. The molecule has 1 aromatic rings. The Bertz CT molecular complexity index is 463. The van der Waals surface area contributed by atoms with Crippen LogP contribution in [0.15, 0.2) is 35.9 Å². The molecule has 102 valence electrons. The molecule has 0 aromatic heterocycles. The van der Waals surface area contributed by atoms with E-state index in [0.717, 1.165) is 24.8 Å². The van der Waals surface area contributed by atoms with Crippen molar-refractivity contribution < 1.29 is 14.3 Å². The summed E-state index contributed by atoms with van der Waals surface area (Å²) in [4.78, 5) is 12.5. The highest BCUT2D eigenvalue weighted by Crippen LogP contribution is 2.26. The van der Waals surface area contributed by atoms with E-state index in [1.165, 1.54) is 6.42 Å². The van der Waals surface area contributed by atoms with Crippen LogP contribution < -0.4 is 4.74 Å². The van der Waals surface area contributed by atoms with Gasteiger partial charge in [-0.25, -0.2) is 0 Å². The molecule has 19 heavy (non-hydrogen) atoms. The van der Waals surface area contributed by atoms with Crippen molar-refractivity contribution in [3.63, 3.8) is 0 Å². The minimum absolute atomic E-state index is 0.104. The van der Waals surface area contributed by atoms with Crippen molar-refractivity contribution in [2.75, 3.05) is 20.3 Å². The van der Waals surface area contributed by atoms with Crippen LogP contribution in [-0.4, -0.2) is 26.1 Å². The fourth-order valence-electron chi connectivity index (χ4n) is 2.23. The smallest absolute Gasteiger partial charge is 0.192 e. The van der Waals surface area contributed by atoms with Gasteiger partial charge in [0.1, 0.15) is 12.4 Å². The molecular weight excluding hydrogens is 240 g/mol. The maximum Gasteiger partial charge on any atom is 0.192 e. The molecule has 0 saturated heterocycles. The summed E-state index contributed by atoms with van der Waals surface area (Å²) in [5, 5.41) is 0. The summed E-state index contributed by atoms with van der Waals surface area (Å²) in [6, 6.07) is 7.43. The third-order valence-corrected chi connectivity index (χ3v) is 3.26. The van der Waals surface area contributed by atoms with Gasteiger partial charge in [-0.3, -0.25) is 4.79 Å². The summed E-state index contributed by atoms with van der Waals surface area (Å²) in [6.07, 6.45) is 6.24. The summed E-state index contributed by atoms with van der Waals surface area (Å²) < 4.78 is 10.6. The number of para-hydroxylation sites is 1. The van der Waals surface area contributed by atoms with E-state index >= 15 is 0 Å². The van der Waals surface area contributed by atoms with E-state index in [1.807, 2.05) is 24.3 Å². The second-order valence-corrected chi connectivity index (χ2v) is 4.64. The topological polar surface area (TPSA) is 35.5 Å². The monoisotopic (exact) mass is 260 g/mol. The van der Waals surface area contributed by atoms with Gasteiger partial charge in [-0.2, -0.15) is 0 Å². The van der Waals surface area contributed by atoms with Gasteiger partial charge in [0.25, 0.3) is 0 Å². The lowest BCUT2D eigenvalue weighted by atomic mass is 9.93. The first-order chi connectivity index (χ1) is 9.33. The highest BCUT2D eigenvalue weighted by molar-refractivity contribution is 6.10. The fraction of sp³-hybridized carbons (Fsp3) is 0.438. The van der Waals surface area contributed by atoms with Gasteiger partial charge in [-0.1, -0.05) is 18.2 Å². The van der Waals surface area contributed by atoms with Crippen LogP contribution in [0.4, 0.5) is 0 Å². The number of Topliss-reactive ketones (excluding diaryl/α,β-unsaturated/α-hetero) is 1. The van der Waals surface area contributed by atoms with Gasteiger partial charge in [0.05, 0.1) is 12.2 Å². The number of ketones is 1. The lowest BCUT2D eigenvalue weighted by Crippen LogP contribution is -2.11. The Labute approximate surface area is 114 Å². The Balaban J connectivity index is 2.14. The standard InChI is InChI=1S/C16H20O3/c1-18-11-12-19-15-10-6-5-9-14(15)16(17)13-7-3-2-4-8-13/h5-7,9-10H,2-4,8,11-12H2,1H3. The van der Waals surface area contributed by atoms with Crippen LogP contribution in [-0.2, 0) is 4.74 Å². The Morgan fingerprint density at radius 2 is 2.05 bits per heavy atom. The van der Waals surface area contributed by atoms with Crippen molar-refractivity contribution in [3.05, 3.63) is 41.5 Å². The van der Waals surface area contributed by atoms with E-state index in [0.29, 0.717) is 24.5 Å². The van der Waals surface area contributed by atoms with Crippen LogP contribution in [0.1, 0.15) is 36.0 Å². The first-order valence-electron chi connectivity index (χ1n) is 6.77. The van der Waals surface area contributed by atoms with Crippen molar-refractivity contribution in [1.29, 1.82) is 0 Å². The largest absolute Gasteiger partial charge is 0.490 e. The molecule has 0 bridgehead atoms. The van der Waals surface area contributed by atoms with Crippen molar-refractivity contribution in [3.8, 4) is 5.75 Å². The zero-order valence-electron chi connectivity index (χ0n) is 11.4. The zero-order chi connectivity index (χ0) is 13.5. The average Bonchev–Trinajstić information content (AvgIpc) is 2.48. The molecule has 0 aliphatic heterocycles. The van der Waals surface area contributed by atoms with Crippen LogP contribution >= 0.6 is 0 Å². The number of benzene rings is 1. The molecular formula is C16H20O3. The van der Waals surface area contributed by atoms with E-state index in [2.05, 4.69) is 6.08 Å². The third-order valence-electron chi connectivity index (χ3n) is 3.26. The Morgan fingerprint density at radius 3 is 2.79 bits per heavy atom. The number of hydrogen-bond donors (Lipinski definition) is 0. The normalized spacial score (nSPS) is 14.9. The number of ether oxygens (including phenoxy) is 2. The minimum atomic E-state index is 0.104. The van der Waals surface area contributed by atoms with Crippen molar-refractivity contribution >= 4 is 5.78 Å². The lowest BCUT2D eigenvalue weighted by molar-refractivity contribution is 0.102. The minimum Gasteiger partial charge on any atom is -0.490 e. The van der Waals surface area contributed by atoms with E-state index < -0.39 is 0 Å². The number of carbonyl (C=O) groups excluding carboxylic acids is 1. The summed E-state index contributed by atoms with van der Waals surface area (Å²) in [6.45, 7) is 0.977. The predicted octanol–water partition coefficient (Wildman–Crippen LogP) is 3.39. The molecule has 1 aromatic carbocycles. The van der Waals surface area contributed by atoms with Crippen LogP contribution in [0.25, 0.3) is 0 Å². The van der Waals surface area contributed by atoms with E-state index in [1.54, 1.807) is 7.11 Å². The maximum atomic E-state index is 12.5. The molecule has 0 heterocycles. The first-order valence-corrected chi connectivity index (χ1v) is 6.77. The first kappa shape index (κ1) is 13.8. The van der Waals surface area contributed by atoms with Crippen molar-refractivity contribution in [1.82, 2.24) is 0 Å².